The molecule has 0 spiro atoms. The number of oxime groups is 1. The minimum Gasteiger partial charge on any atom is -0.494 e. The number of nitrogens with zero attached hydrogens (tertiary/aromatic N) is 1. The Morgan fingerprint density at radius 2 is 2.25 bits per heavy atom. The molecule has 108 valence electrons. The zero-order valence-electron chi connectivity index (χ0n) is 11.5. The molecule has 0 bridgehead atoms. The highest BCUT2D eigenvalue weighted by molar-refractivity contribution is 6.38. The van der Waals surface area contributed by atoms with Gasteiger partial charge in [0.2, 0.25) is 0 Å². The molecule has 0 saturated heterocycles. The topological polar surface area (TPSA) is 85.9 Å². The maximum atomic E-state index is 10.9. The number of nitrogens with one attached hydrogen (secondary N) is 1. The molecule has 6 heteroatoms. The Bertz CT molecular complexity index is 485. The second kappa shape index (κ2) is 6.91. The Hall–Kier alpha value is -2.08. The molecule has 6 nitrogen and oxygen atoms in total. The van der Waals surface area contributed by atoms with Crippen molar-refractivity contribution in [1.82, 2.24) is 5.32 Å². The Labute approximate surface area is 117 Å². The fourth-order valence-corrected chi connectivity index (χ4v) is 1.93. The Balaban J connectivity index is 1.70. The minimum absolute atomic E-state index is 0.125. The molecule has 0 aliphatic carbocycles. The maximum Gasteiger partial charge on any atom is 0.266 e. The van der Waals surface area contributed by atoms with Gasteiger partial charge >= 0.3 is 0 Å². The first-order valence-electron chi connectivity index (χ1n) is 6.64. The van der Waals surface area contributed by atoms with E-state index < -0.39 is 5.91 Å². The quantitative estimate of drug-likeness (QED) is 0.772. The molecule has 0 aromatic heterocycles. The van der Waals surface area contributed by atoms with Crippen LogP contribution in [0.25, 0.3) is 0 Å². The molecular weight excluding hydrogens is 258 g/mol. The van der Waals surface area contributed by atoms with Gasteiger partial charge in [0, 0.05) is 19.5 Å². The summed E-state index contributed by atoms with van der Waals surface area (Å²) in [5, 5.41) is 6.92. The zero-order valence-corrected chi connectivity index (χ0v) is 11.5. The van der Waals surface area contributed by atoms with E-state index in [1.807, 2.05) is 31.2 Å². The molecule has 0 unspecified atom stereocenters. The van der Waals surface area contributed by atoms with Crippen LogP contribution in [0, 0.1) is 0 Å². The van der Waals surface area contributed by atoms with E-state index in [1.54, 1.807) is 0 Å². The third-order valence-electron chi connectivity index (χ3n) is 2.95. The van der Waals surface area contributed by atoms with E-state index in [0.29, 0.717) is 25.3 Å². The van der Waals surface area contributed by atoms with Crippen molar-refractivity contribution in [1.29, 1.82) is 0 Å². The monoisotopic (exact) mass is 277 g/mol. The van der Waals surface area contributed by atoms with Gasteiger partial charge in [-0.1, -0.05) is 17.3 Å². The number of benzene rings is 1. The normalized spacial score (nSPS) is 17.4. The average Bonchev–Trinajstić information content (AvgIpc) is 2.90. The van der Waals surface area contributed by atoms with E-state index in [1.165, 1.54) is 0 Å². The van der Waals surface area contributed by atoms with Gasteiger partial charge in [0.25, 0.3) is 5.91 Å². The predicted octanol–water partition coefficient (Wildman–Crippen LogP) is 0.805. The lowest BCUT2D eigenvalue weighted by Gasteiger charge is -2.10. The van der Waals surface area contributed by atoms with Crippen molar-refractivity contribution in [3.8, 4) is 5.75 Å². The van der Waals surface area contributed by atoms with Gasteiger partial charge in [-0.05, 0) is 24.6 Å². The second-order valence-electron chi connectivity index (χ2n) is 4.54. The molecule has 20 heavy (non-hydrogen) atoms. The van der Waals surface area contributed by atoms with Crippen LogP contribution in [0.2, 0.25) is 0 Å². The molecule has 0 fully saturated rings. The molecule has 1 aromatic rings. The Kier molecular flexibility index (Phi) is 4.95. The number of carbonyl (C=O) groups excluding carboxylic acids is 1. The summed E-state index contributed by atoms with van der Waals surface area (Å²) >= 11 is 0. The number of hydrogen-bond acceptors (Lipinski definition) is 5. The first-order chi connectivity index (χ1) is 9.69. The summed E-state index contributed by atoms with van der Waals surface area (Å²) in [5.41, 5.74) is 6.60. The number of hydrogen-bond donors (Lipinski definition) is 2. The first kappa shape index (κ1) is 14.3. The molecule has 0 radical (unpaired) electrons. The van der Waals surface area contributed by atoms with E-state index in [0.717, 1.165) is 17.9 Å². The summed E-state index contributed by atoms with van der Waals surface area (Å²) in [5.74, 6) is 0.355. The van der Waals surface area contributed by atoms with Crippen LogP contribution in [0.4, 0.5) is 0 Å². The number of nitrogens with two attached hydrogens (primary N) is 1. The van der Waals surface area contributed by atoms with Gasteiger partial charge < -0.3 is 20.6 Å². The van der Waals surface area contributed by atoms with Gasteiger partial charge in [0.1, 0.15) is 17.6 Å². The minimum atomic E-state index is -0.515. The van der Waals surface area contributed by atoms with Crippen molar-refractivity contribution < 1.29 is 14.4 Å². The highest BCUT2D eigenvalue weighted by Crippen LogP contribution is 2.12. The van der Waals surface area contributed by atoms with Gasteiger partial charge in [-0.15, -0.1) is 0 Å². The van der Waals surface area contributed by atoms with Crippen LogP contribution in [0.15, 0.2) is 29.4 Å². The molecule has 3 N–H and O–H groups in total. The first-order valence-corrected chi connectivity index (χ1v) is 6.64. The summed E-state index contributed by atoms with van der Waals surface area (Å²) in [6.07, 6.45) is 0.339. The standard InChI is InChI=1S/C14H19N3O3/c1-2-19-11-5-3-10(4-6-11)8-16-9-12-7-13(14(15)18)17-20-12/h3-6,12,16H,2,7-9H2,1H3,(H2,15,18)/t12-/m1/s1. The van der Waals surface area contributed by atoms with Crippen LogP contribution in [-0.4, -0.2) is 30.9 Å². The van der Waals surface area contributed by atoms with Crippen LogP contribution in [0.3, 0.4) is 0 Å². The fourth-order valence-electron chi connectivity index (χ4n) is 1.93. The molecule has 1 amide bonds. The van der Waals surface area contributed by atoms with Gasteiger partial charge in [0.05, 0.1) is 6.61 Å². The predicted molar refractivity (Wildman–Crippen MR) is 75.4 cm³/mol. The van der Waals surface area contributed by atoms with Crippen LogP contribution in [0.5, 0.6) is 5.75 Å². The Morgan fingerprint density at radius 1 is 1.50 bits per heavy atom. The maximum absolute atomic E-state index is 10.9. The zero-order chi connectivity index (χ0) is 14.4. The lowest BCUT2D eigenvalue weighted by Crippen LogP contribution is -2.29. The molecule has 1 heterocycles. The fraction of sp³-hybridized carbons (Fsp3) is 0.429. The van der Waals surface area contributed by atoms with E-state index in [-0.39, 0.29) is 6.10 Å². The largest absolute Gasteiger partial charge is 0.494 e. The average molecular weight is 277 g/mol. The number of primary amides is 1. The lowest BCUT2D eigenvalue weighted by atomic mass is 10.1. The summed E-state index contributed by atoms with van der Waals surface area (Å²) in [4.78, 5) is 16.0. The summed E-state index contributed by atoms with van der Waals surface area (Å²) in [6, 6.07) is 7.92. The van der Waals surface area contributed by atoms with Crippen LogP contribution in [0.1, 0.15) is 18.9 Å². The van der Waals surface area contributed by atoms with Crippen LogP contribution >= 0.6 is 0 Å². The molecule has 0 saturated carbocycles. The van der Waals surface area contributed by atoms with E-state index >= 15 is 0 Å². The number of rotatable bonds is 7. The van der Waals surface area contributed by atoms with E-state index in [9.17, 15) is 4.79 Å². The van der Waals surface area contributed by atoms with Gasteiger partial charge in [-0.2, -0.15) is 0 Å². The summed E-state index contributed by atoms with van der Waals surface area (Å²) < 4.78 is 5.38. The van der Waals surface area contributed by atoms with Crippen molar-refractivity contribution >= 4 is 11.6 Å². The van der Waals surface area contributed by atoms with Crippen molar-refractivity contribution in [2.75, 3.05) is 13.2 Å². The smallest absolute Gasteiger partial charge is 0.266 e. The molecular formula is C14H19N3O3. The summed E-state index contributed by atoms with van der Waals surface area (Å²) in [6.45, 7) is 3.96. The van der Waals surface area contributed by atoms with Gasteiger partial charge in [-0.3, -0.25) is 4.79 Å². The van der Waals surface area contributed by atoms with Crippen molar-refractivity contribution in [3.63, 3.8) is 0 Å². The van der Waals surface area contributed by atoms with Crippen LogP contribution in [-0.2, 0) is 16.2 Å². The molecule has 1 aliphatic rings. The van der Waals surface area contributed by atoms with E-state index in [4.69, 9.17) is 15.3 Å². The van der Waals surface area contributed by atoms with Crippen molar-refractivity contribution in [3.05, 3.63) is 29.8 Å². The highest BCUT2D eigenvalue weighted by atomic mass is 16.6. The van der Waals surface area contributed by atoms with Gasteiger partial charge in [0.15, 0.2) is 0 Å². The molecule has 2 rings (SSSR count). The Morgan fingerprint density at radius 3 is 2.85 bits per heavy atom. The second-order valence-corrected chi connectivity index (χ2v) is 4.54. The SMILES string of the molecule is CCOc1ccc(CNC[C@H]2CC(C(N)=O)=NO2)cc1. The summed E-state index contributed by atoms with van der Waals surface area (Å²) in [7, 11) is 0. The third-order valence-corrected chi connectivity index (χ3v) is 2.95. The number of carbonyl (C=O) groups is 1. The highest BCUT2D eigenvalue weighted by Gasteiger charge is 2.23. The van der Waals surface area contributed by atoms with Crippen LogP contribution < -0.4 is 15.8 Å². The van der Waals surface area contributed by atoms with E-state index in [2.05, 4.69) is 10.5 Å². The number of amides is 1. The third kappa shape index (κ3) is 3.96. The number of ether oxygens (including phenoxy) is 1. The molecule has 1 aromatic carbocycles. The lowest BCUT2D eigenvalue weighted by molar-refractivity contribution is -0.112. The van der Waals surface area contributed by atoms with Gasteiger partial charge in [-0.25, -0.2) is 0 Å². The molecule has 1 atom stereocenters. The molecule has 1 aliphatic heterocycles. The van der Waals surface area contributed by atoms with Crippen molar-refractivity contribution in [2.45, 2.75) is 26.0 Å². The van der Waals surface area contributed by atoms with Crippen molar-refractivity contribution in [2.24, 2.45) is 10.9 Å².